The summed E-state index contributed by atoms with van der Waals surface area (Å²) in [7, 11) is 2.78. The zero-order valence-corrected chi connectivity index (χ0v) is 18.5. The van der Waals surface area contributed by atoms with Crippen molar-refractivity contribution in [3.05, 3.63) is 57.0 Å². The summed E-state index contributed by atoms with van der Waals surface area (Å²) in [5.74, 6) is -0.779. The number of thiocarbonyl (C=S) groups is 1. The van der Waals surface area contributed by atoms with Gasteiger partial charge < -0.3 is 19.9 Å². The number of amides is 2. The molecular formula is C20H17N3O7S2. The molecule has 12 heteroatoms. The highest BCUT2D eigenvalue weighted by Gasteiger charge is 2.33. The standard InChI is InChI=1S/C20H17N3O7S2/c1-29-14-7-11(8-15(30-2)18(14)25)9-16-19(26)22(20(31)32-16)10-17(24)21-12-3-5-13(6-4-12)23(27)28/h3-9,25H,10H2,1-2H3,(H,21,24)/b16-9-. The fourth-order valence-corrected chi connectivity index (χ4v) is 4.05. The number of benzene rings is 2. The van der Waals surface area contributed by atoms with Gasteiger partial charge in [-0.2, -0.15) is 0 Å². The number of ether oxygens (including phenoxy) is 2. The van der Waals surface area contributed by atoms with E-state index >= 15 is 0 Å². The summed E-state index contributed by atoms with van der Waals surface area (Å²) in [5, 5.41) is 23.3. The summed E-state index contributed by atoms with van der Waals surface area (Å²) in [4.78, 5) is 36.8. The van der Waals surface area contributed by atoms with E-state index in [9.17, 15) is 24.8 Å². The molecule has 0 aliphatic carbocycles. The Labute approximate surface area is 192 Å². The van der Waals surface area contributed by atoms with Crippen LogP contribution in [0.4, 0.5) is 11.4 Å². The number of hydrogen-bond acceptors (Lipinski definition) is 9. The summed E-state index contributed by atoms with van der Waals surface area (Å²) in [6.45, 7) is -0.318. The lowest BCUT2D eigenvalue weighted by atomic mass is 10.1. The number of nitro benzene ring substituents is 1. The third kappa shape index (κ3) is 4.98. The maximum Gasteiger partial charge on any atom is 0.269 e. The van der Waals surface area contributed by atoms with E-state index in [1.165, 1.54) is 50.6 Å². The average Bonchev–Trinajstić information content (AvgIpc) is 3.02. The third-order valence-corrected chi connectivity index (χ3v) is 5.71. The molecule has 0 bridgehead atoms. The predicted octanol–water partition coefficient (Wildman–Crippen LogP) is 3.16. The van der Waals surface area contributed by atoms with E-state index < -0.39 is 16.7 Å². The van der Waals surface area contributed by atoms with Gasteiger partial charge in [0.25, 0.3) is 11.6 Å². The van der Waals surface area contributed by atoms with Crippen LogP contribution in [0.15, 0.2) is 41.3 Å². The maximum atomic E-state index is 12.8. The summed E-state index contributed by atoms with van der Waals surface area (Å²) in [6, 6.07) is 8.38. The molecule has 0 atom stereocenters. The second-order valence-electron chi connectivity index (χ2n) is 6.39. The fraction of sp³-hybridized carbons (Fsp3) is 0.150. The Bertz CT molecular complexity index is 1110. The van der Waals surface area contributed by atoms with Crippen LogP contribution in [0.1, 0.15) is 5.56 Å². The van der Waals surface area contributed by atoms with Crippen molar-refractivity contribution in [1.82, 2.24) is 4.90 Å². The number of methoxy groups -OCH3 is 2. The van der Waals surface area contributed by atoms with Gasteiger partial charge >= 0.3 is 0 Å². The Morgan fingerprint density at radius 3 is 2.38 bits per heavy atom. The molecule has 2 aromatic rings. The van der Waals surface area contributed by atoms with E-state index in [0.717, 1.165) is 16.7 Å². The molecule has 1 fully saturated rings. The minimum atomic E-state index is -0.544. The number of non-ortho nitro benzene ring substituents is 1. The van der Waals surface area contributed by atoms with Crippen LogP contribution in [-0.4, -0.2) is 51.8 Å². The highest BCUT2D eigenvalue weighted by molar-refractivity contribution is 8.26. The second-order valence-corrected chi connectivity index (χ2v) is 8.07. The number of nitro groups is 1. The van der Waals surface area contributed by atoms with Crippen LogP contribution in [0.3, 0.4) is 0 Å². The van der Waals surface area contributed by atoms with E-state index in [-0.39, 0.29) is 38.7 Å². The molecule has 32 heavy (non-hydrogen) atoms. The number of phenolic OH excluding ortho intramolecular Hbond substituents is 1. The monoisotopic (exact) mass is 475 g/mol. The summed E-state index contributed by atoms with van der Waals surface area (Å²) in [6.07, 6.45) is 1.55. The number of carbonyl (C=O) groups excluding carboxylic acids is 2. The number of phenols is 1. The molecule has 2 amide bonds. The summed E-state index contributed by atoms with van der Waals surface area (Å²) >= 11 is 6.27. The van der Waals surface area contributed by atoms with Gasteiger partial charge in [0, 0.05) is 17.8 Å². The van der Waals surface area contributed by atoms with Gasteiger partial charge in [-0.1, -0.05) is 24.0 Å². The van der Waals surface area contributed by atoms with Gasteiger partial charge in [-0.3, -0.25) is 24.6 Å². The van der Waals surface area contributed by atoms with Crippen LogP contribution < -0.4 is 14.8 Å². The van der Waals surface area contributed by atoms with Gasteiger partial charge in [-0.15, -0.1) is 0 Å². The zero-order valence-electron chi connectivity index (χ0n) is 16.9. The number of rotatable bonds is 7. The highest BCUT2D eigenvalue weighted by atomic mass is 32.2. The fourth-order valence-electron chi connectivity index (χ4n) is 2.80. The third-order valence-electron chi connectivity index (χ3n) is 4.34. The summed E-state index contributed by atoms with van der Waals surface area (Å²) < 4.78 is 10.4. The van der Waals surface area contributed by atoms with Crippen LogP contribution in [0, 0.1) is 10.1 Å². The van der Waals surface area contributed by atoms with Gasteiger partial charge in [0.2, 0.25) is 11.7 Å². The first-order valence-electron chi connectivity index (χ1n) is 8.98. The lowest BCUT2D eigenvalue weighted by Gasteiger charge is -2.14. The van der Waals surface area contributed by atoms with Crippen molar-refractivity contribution in [2.45, 2.75) is 0 Å². The number of nitrogens with zero attached hydrogens (tertiary/aromatic N) is 2. The smallest absolute Gasteiger partial charge is 0.269 e. The number of anilines is 1. The van der Waals surface area contributed by atoms with Crippen molar-refractivity contribution in [3.8, 4) is 17.2 Å². The number of hydrogen-bond donors (Lipinski definition) is 2. The van der Waals surface area contributed by atoms with Crippen molar-refractivity contribution < 1.29 is 29.1 Å². The maximum absolute atomic E-state index is 12.8. The molecule has 1 aliphatic rings. The van der Waals surface area contributed by atoms with Gasteiger partial charge in [0.05, 0.1) is 24.0 Å². The van der Waals surface area contributed by atoms with Crippen LogP contribution in [0.5, 0.6) is 17.2 Å². The molecule has 166 valence electrons. The molecule has 2 aromatic carbocycles. The molecule has 0 radical (unpaired) electrons. The average molecular weight is 476 g/mol. The Morgan fingerprint density at radius 1 is 1.25 bits per heavy atom. The number of carbonyl (C=O) groups is 2. The molecule has 1 heterocycles. The Hall–Kier alpha value is -3.64. The Balaban J connectivity index is 1.73. The highest BCUT2D eigenvalue weighted by Crippen LogP contribution is 2.39. The molecule has 0 unspecified atom stereocenters. The van der Waals surface area contributed by atoms with Gasteiger partial charge in [-0.05, 0) is 35.9 Å². The molecule has 10 nitrogen and oxygen atoms in total. The molecule has 0 aromatic heterocycles. The van der Waals surface area contributed by atoms with Gasteiger partial charge in [0.15, 0.2) is 11.5 Å². The second kappa shape index (κ2) is 9.66. The van der Waals surface area contributed by atoms with Crippen LogP contribution in [0.25, 0.3) is 6.08 Å². The van der Waals surface area contributed by atoms with Crippen molar-refractivity contribution in [2.24, 2.45) is 0 Å². The molecule has 0 spiro atoms. The van der Waals surface area contributed by atoms with Gasteiger partial charge in [0.1, 0.15) is 10.9 Å². The molecular weight excluding hydrogens is 458 g/mol. The van der Waals surface area contributed by atoms with E-state index in [0.29, 0.717) is 11.3 Å². The molecule has 0 saturated carbocycles. The first-order valence-corrected chi connectivity index (χ1v) is 10.2. The Morgan fingerprint density at radius 2 is 1.84 bits per heavy atom. The number of aromatic hydroxyl groups is 1. The quantitative estimate of drug-likeness (QED) is 0.268. The zero-order chi connectivity index (χ0) is 23.4. The van der Waals surface area contributed by atoms with E-state index in [1.807, 2.05) is 0 Å². The largest absolute Gasteiger partial charge is 0.502 e. The number of nitrogens with one attached hydrogen (secondary N) is 1. The first kappa shape index (κ1) is 23.0. The van der Waals surface area contributed by atoms with Crippen LogP contribution >= 0.6 is 24.0 Å². The van der Waals surface area contributed by atoms with Crippen molar-refractivity contribution in [2.75, 3.05) is 26.1 Å². The minimum Gasteiger partial charge on any atom is -0.502 e. The van der Waals surface area contributed by atoms with E-state index in [4.69, 9.17) is 21.7 Å². The predicted molar refractivity (Wildman–Crippen MR) is 123 cm³/mol. The molecule has 1 aliphatic heterocycles. The van der Waals surface area contributed by atoms with Crippen LogP contribution in [-0.2, 0) is 9.59 Å². The molecule has 1 saturated heterocycles. The number of thioether (sulfide) groups is 1. The van der Waals surface area contributed by atoms with E-state index in [2.05, 4.69) is 5.32 Å². The van der Waals surface area contributed by atoms with Crippen molar-refractivity contribution in [1.29, 1.82) is 0 Å². The molecule has 3 rings (SSSR count). The van der Waals surface area contributed by atoms with Crippen LogP contribution in [0.2, 0.25) is 0 Å². The van der Waals surface area contributed by atoms with Gasteiger partial charge in [-0.25, -0.2) is 0 Å². The normalized spacial score (nSPS) is 14.6. The molecule has 2 N–H and O–H groups in total. The Kier molecular flexibility index (Phi) is 6.95. The van der Waals surface area contributed by atoms with E-state index in [1.54, 1.807) is 6.08 Å². The minimum absolute atomic E-state index is 0.104. The topological polar surface area (TPSA) is 131 Å². The lowest BCUT2D eigenvalue weighted by Crippen LogP contribution is -2.36. The SMILES string of the molecule is COc1cc(/C=C2\SC(=S)N(CC(=O)Nc3ccc([N+](=O)[O-])cc3)C2=O)cc(OC)c1O. The van der Waals surface area contributed by atoms with Crippen molar-refractivity contribution in [3.63, 3.8) is 0 Å². The first-order chi connectivity index (χ1) is 15.2. The van der Waals surface area contributed by atoms with Crippen molar-refractivity contribution >= 4 is 57.6 Å². The summed E-state index contributed by atoms with van der Waals surface area (Å²) in [5.41, 5.74) is 0.782. The lowest BCUT2D eigenvalue weighted by molar-refractivity contribution is -0.384.